The number of aryl methyl sites for hydroxylation is 3. The number of nitrogens with zero attached hydrogens (tertiary/aromatic N) is 2. The van der Waals surface area contributed by atoms with Gasteiger partial charge in [-0.3, -0.25) is 0 Å². The lowest BCUT2D eigenvalue weighted by molar-refractivity contribution is 0.717. The zero-order valence-electron chi connectivity index (χ0n) is 20.9. The second-order valence-electron chi connectivity index (χ2n) is 9.42. The van der Waals surface area contributed by atoms with E-state index in [2.05, 4.69) is 112 Å². The summed E-state index contributed by atoms with van der Waals surface area (Å²) < 4.78 is 0. The van der Waals surface area contributed by atoms with E-state index in [0.717, 1.165) is 34.4 Å². The molecule has 35 heavy (non-hydrogen) atoms. The van der Waals surface area contributed by atoms with Crippen LogP contribution in [0.5, 0.6) is 0 Å². The summed E-state index contributed by atoms with van der Waals surface area (Å²) in [5, 5.41) is 1.09. The van der Waals surface area contributed by atoms with Crippen LogP contribution >= 0.6 is 0 Å². The van der Waals surface area contributed by atoms with Gasteiger partial charge in [-0.15, -0.1) is 0 Å². The van der Waals surface area contributed by atoms with E-state index in [9.17, 15) is 0 Å². The van der Waals surface area contributed by atoms with Crippen molar-refractivity contribution in [2.75, 3.05) is 0 Å². The third-order valence-electron chi connectivity index (χ3n) is 6.77. The van der Waals surface area contributed by atoms with E-state index in [4.69, 9.17) is 9.97 Å². The summed E-state index contributed by atoms with van der Waals surface area (Å²) >= 11 is 0. The molecule has 0 aliphatic rings. The normalized spacial score (nSPS) is 11.2. The summed E-state index contributed by atoms with van der Waals surface area (Å²) in [5.74, 6) is 0.792. The van der Waals surface area contributed by atoms with Gasteiger partial charge in [-0.25, -0.2) is 9.97 Å². The molecule has 4 aromatic carbocycles. The van der Waals surface area contributed by atoms with Gasteiger partial charge in [-0.05, 0) is 72.7 Å². The lowest BCUT2D eigenvalue weighted by atomic mass is 9.95. The van der Waals surface area contributed by atoms with Gasteiger partial charge in [0.25, 0.3) is 0 Å². The van der Waals surface area contributed by atoms with Gasteiger partial charge in [-0.1, -0.05) is 92.6 Å². The van der Waals surface area contributed by atoms with Gasteiger partial charge in [-0.2, -0.15) is 0 Å². The van der Waals surface area contributed by atoms with Gasteiger partial charge in [0.2, 0.25) is 0 Å². The van der Waals surface area contributed by atoms with Crippen LogP contribution in [-0.2, 0) is 6.42 Å². The third-order valence-corrected chi connectivity index (χ3v) is 6.77. The Morgan fingerprint density at radius 1 is 0.629 bits per heavy atom. The highest BCUT2D eigenvalue weighted by atomic mass is 14.9. The van der Waals surface area contributed by atoms with E-state index in [1.54, 1.807) is 0 Å². The molecule has 1 aromatic heterocycles. The fraction of sp³-hybridized carbons (Fsp3) is 0.212. The standard InChI is InChI=1S/C33H32N2/c1-4-5-7-14-25-15-11-18-28(21-25)33-34-30-20-19-27(26-16-8-6-9-17-26)22-29(30)32(35-33)31-23(2)12-10-13-24(31)3/h6,8-13,15-22H,4-5,7,14H2,1-3H3. The lowest BCUT2D eigenvalue weighted by Crippen LogP contribution is -1.99. The van der Waals surface area contributed by atoms with E-state index in [-0.39, 0.29) is 0 Å². The summed E-state index contributed by atoms with van der Waals surface area (Å²) in [6.45, 7) is 6.59. The summed E-state index contributed by atoms with van der Waals surface area (Å²) in [5.41, 5.74) is 10.5. The van der Waals surface area contributed by atoms with Gasteiger partial charge < -0.3 is 0 Å². The lowest BCUT2D eigenvalue weighted by Gasteiger charge is -2.15. The topological polar surface area (TPSA) is 25.8 Å². The third kappa shape index (κ3) is 4.88. The van der Waals surface area contributed by atoms with Gasteiger partial charge in [0.15, 0.2) is 5.82 Å². The van der Waals surface area contributed by atoms with E-state index < -0.39 is 0 Å². The Labute approximate surface area is 208 Å². The molecule has 0 radical (unpaired) electrons. The number of fused-ring (bicyclic) bond motifs is 1. The van der Waals surface area contributed by atoms with E-state index in [1.165, 1.54) is 52.6 Å². The largest absolute Gasteiger partial charge is 0.228 e. The quantitative estimate of drug-likeness (QED) is 0.228. The average Bonchev–Trinajstić information content (AvgIpc) is 2.89. The molecule has 0 unspecified atom stereocenters. The minimum atomic E-state index is 0.792. The number of aromatic nitrogens is 2. The molecular formula is C33H32N2. The Morgan fingerprint density at radius 2 is 1.37 bits per heavy atom. The molecule has 2 nitrogen and oxygen atoms in total. The first kappa shape index (κ1) is 23.0. The van der Waals surface area contributed by atoms with Gasteiger partial charge in [0, 0.05) is 16.5 Å². The zero-order valence-corrected chi connectivity index (χ0v) is 20.9. The molecule has 0 saturated heterocycles. The first-order valence-corrected chi connectivity index (χ1v) is 12.7. The maximum absolute atomic E-state index is 5.22. The van der Waals surface area contributed by atoms with Crippen LogP contribution in [0.4, 0.5) is 0 Å². The van der Waals surface area contributed by atoms with Crippen LogP contribution < -0.4 is 0 Å². The van der Waals surface area contributed by atoms with Crippen LogP contribution in [0.15, 0.2) is 91.0 Å². The highest BCUT2D eigenvalue weighted by Crippen LogP contribution is 2.35. The van der Waals surface area contributed by atoms with Crippen molar-refractivity contribution < 1.29 is 0 Å². The summed E-state index contributed by atoms with van der Waals surface area (Å²) in [4.78, 5) is 10.3. The van der Waals surface area contributed by atoms with Crippen LogP contribution in [-0.4, -0.2) is 9.97 Å². The van der Waals surface area contributed by atoms with Gasteiger partial charge in [0.05, 0.1) is 11.2 Å². The van der Waals surface area contributed by atoms with Crippen LogP contribution in [0, 0.1) is 13.8 Å². The predicted molar refractivity (Wildman–Crippen MR) is 149 cm³/mol. The molecule has 0 N–H and O–H groups in total. The maximum Gasteiger partial charge on any atom is 0.160 e. The number of rotatable bonds is 7. The molecule has 5 rings (SSSR count). The predicted octanol–water partition coefficient (Wildman–Crippen LogP) is 8.98. The van der Waals surface area contributed by atoms with Crippen LogP contribution in [0.2, 0.25) is 0 Å². The fourth-order valence-corrected chi connectivity index (χ4v) is 4.89. The van der Waals surface area contributed by atoms with Crippen molar-refractivity contribution >= 4 is 10.9 Å². The van der Waals surface area contributed by atoms with Gasteiger partial charge >= 0.3 is 0 Å². The Morgan fingerprint density at radius 3 is 2.14 bits per heavy atom. The van der Waals surface area contributed by atoms with Crippen LogP contribution in [0.3, 0.4) is 0 Å². The SMILES string of the molecule is CCCCCc1cccc(-c2nc(-c3c(C)cccc3C)c3cc(-c4ccccc4)ccc3n2)c1. The van der Waals surface area contributed by atoms with Crippen LogP contribution in [0.25, 0.3) is 44.7 Å². The van der Waals surface area contributed by atoms with E-state index in [1.807, 2.05) is 0 Å². The van der Waals surface area contributed by atoms with Crippen molar-refractivity contribution in [1.29, 1.82) is 0 Å². The Hall–Kier alpha value is -3.78. The van der Waals surface area contributed by atoms with Crippen LogP contribution in [0.1, 0.15) is 42.9 Å². The molecule has 0 amide bonds. The first-order valence-electron chi connectivity index (χ1n) is 12.7. The molecule has 0 aliphatic heterocycles. The average molecular weight is 457 g/mol. The van der Waals surface area contributed by atoms with E-state index >= 15 is 0 Å². The van der Waals surface area contributed by atoms with Gasteiger partial charge in [0.1, 0.15) is 0 Å². The highest BCUT2D eigenvalue weighted by molar-refractivity contribution is 5.97. The van der Waals surface area contributed by atoms with Crippen molar-refractivity contribution in [3.63, 3.8) is 0 Å². The summed E-state index contributed by atoms with van der Waals surface area (Å²) in [6.07, 6.45) is 4.81. The molecule has 0 saturated carbocycles. The smallest absolute Gasteiger partial charge is 0.160 e. The van der Waals surface area contributed by atoms with E-state index in [0.29, 0.717) is 0 Å². The minimum Gasteiger partial charge on any atom is -0.228 e. The summed E-state index contributed by atoms with van der Waals surface area (Å²) in [6, 6.07) is 32.3. The molecule has 0 aliphatic carbocycles. The Kier molecular flexibility index (Phi) is 6.72. The highest BCUT2D eigenvalue weighted by Gasteiger charge is 2.16. The molecule has 0 bridgehead atoms. The molecular weight excluding hydrogens is 424 g/mol. The second-order valence-corrected chi connectivity index (χ2v) is 9.42. The number of hydrogen-bond donors (Lipinski definition) is 0. The number of unbranched alkanes of at least 4 members (excludes halogenated alkanes) is 2. The molecule has 2 heteroatoms. The molecule has 0 spiro atoms. The summed E-state index contributed by atoms with van der Waals surface area (Å²) in [7, 11) is 0. The van der Waals surface area contributed by atoms with Crippen molar-refractivity contribution in [1.82, 2.24) is 9.97 Å². The Balaban J connectivity index is 1.70. The maximum atomic E-state index is 5.22. The first-order chi connectivity index (χ1) is 17.1. The molecule has 174 valence electrons. The Bertz CT molecular complexity index is 1450. The molecule has 5 aromatic rings. The molecule has 0 fully saturated rings. The fourth-order valence-electron chi connectivity index (χ4n) is 4.89. The molecule has 0 atom stereocenters. The molecule has 1 heterocycles. The van der Waals surface area contributed by atoms with Crippen molar-refractivity contribution in [3.05, 3.63) is 108 Å². The number of hydrogen-bond acceptors (Lipinski definition) is 2. The monoisotopic (exact) mass is 456 g/mol. The van der Waals surface area contributed by atoms with Crippen molar-refractivity contribution in [3.8, 4) is 33.8 Å². The van der Waals surface area contributed by atoms with Crippen molar-refractivity contribution in [2.24, 2.45) is 0 Å². The zero-order chi connectivity index (χ0) is 24.2. The van der Waals surface area contributed by atoms with Crippen molar-refractivity contribution in [2.45, 2.75) is 46.5 Å². The second kappa shape index (κ2) is 10.2. The number of benzene rings is 4. The minimum absolute atomic E-state index is 0.792.